The fraction of sp³-hybridized carbons (Fsp3) is 0.0870. The van der Waals surface area contributed by atoms with Crippen LogP contribution in [-0.2, 0) is 6.18 Å². The lowest BCUT2D eigenvalue weighted by Crippen LogP contribution is -2.19. The summed E-state index contributed by atoms with van der Waals surface area (Å²) in [5, 5.41) is 5.08. The lowest BCUT2D eigenvalue weighted by Gasteiger charge is -2.11. The van der Waals surface area contributed by atoms with Crippen LogP contribution in [0.25, 0.3) is 11.0 Å². The summed E-state index contributed by atoms with van der Waals surface area (Å²) < 4.78 is 48.8. The SMILES string of the molecule is COc1cnc2ccc(Oc3ccc(NC(=O)Nc4ccc(C(F)(F)F)cc4)cc3)cc2n1. The predicted octanol–water partition coefficient (Wildman–Crippen LogP) is 6.09. The molecule has 0 saturated heterocycles. The van der Waals surface area contributed by atoms with Gasteiger partial charge in [0.25, 0.3) is 0 Å². The molecule has 4 aromatic rings. The Kier molecular flexibility index (Phi) is 5.99. The van der Waals surface area contributed by atoms with Crippen LogP contribution in [0.3, 0.4) is 0 Å². The van der Waals surface area contributed by atoms with Gasteiger partial charge in [0.1, 0.15) is 11.5 Å². The van der Waals surface area contributed by atoms with Crippen molar-refractivity contribution in [3.63, 3.8) is 0 Å². The van der Waals surface area contributed by atoms with Crippen molar-refractivity contribution in [2.45, 2.75) is 6.18 Å². The maximum absolute atomic E-state index is 12.6. The smallest absolute Gasteiger partial charge is 0.416 e. The van der Waals surface area contributed by atoms with E-state index in [0.29, 0.717) is 34.1 Å². The number of methoxy groups -OCH3 is 1. The molecule has 4 rings (SSSR count). The number of alkyl halides is 3. The van der Waals surface area contributed by atoms with Gasteiger partial charge in [0, 0.05) is 17.4 Å². The minimum atomic E-state index is -4.43. The molecule has 10 heteroatoms. The Hall–Kier alpha value is -4.34. The van der Waals surface area contributed by atoms with Crippen LogP contribution in [0.2, 0.25) is 0 Å². The van der Waals surface area contributed by atoms with E-state index in [4.69, 9.17) is 9.47 Å². The molecular weight excluding hydrogens is 437 g/mol. The van der Waals surface area contributed by atoms with Gasteiger partial charge in [0.2, 0.25) is 5.88 Å². The zero-order chi connectivity index (χ0) is 23.4. The Morgan fingerprint density at radius 2 is 1.45 bits per heavy atom. The maximum Gasteiger partial charge on any atom is 0.416 e. The van der Waals surface area contributed by atoms with Gasteiger partial charge in [-0.15, -0.1) is 0 Å². The number of ether oxygens (including phenoxy) is 2. The van der Waals surface area contributed by atoms with Crippen molar-refractivity contribution < 1.29 is 27.4 Å². The number of hydrogen-bond donors (Lipinski definition) is 2. The van der Waals surface area contributed by atoms with E-state index in [0.717, 1.165) is 12.1 Å². The minimum absolute atomic E-state index is 0.233. The Labute approximate surface area is 186 Å². The van der Waals surface area contributed by atoms with E-state index in [-0.39, 0.29) is 5.69 Å². The molecule has 33 heavy (non-hydrogen) atoms. The van der Waals surface area contributed by atoms with Gasteiger partial charge in [-0.25, -0.2) is 14.8 Å². The molecule has 0 unspecified atom stereocenters. The zero-order valence-electron chi connectivity index (χ0n) is 17.2. The van der Waals surface area contributed by atoms with Crippen LogP contribution < -0.4 is 20.1 Å². The Morgan fingerprint density at radius 3 is 2.06 bits per heavy atom. The number of nitrogens with one attached hydrogen (secondary N) is 2. The molecule has 0 spiro atoms. The maximum atomic E-state index is 12.6. The molecule has 0 radical (unpaired) electrons. The minimum Gasteiger partial charge on any atom is -0.480 e. The Morgan fingerprint density at radius 1 is 0.848 bits per heavy atom. The Bertz CT molecular complexity index is 1280. The van der Waals surface area contributed by atoms with Gasteiger partial charge < -0.3 is 20.1 Å². The van der Waals surface area contributed by atoms with Gasteiger partial charge in [0.05, 0.1) is 29.9 Å². The number of aromatic nitrogens is 2. The van der Waals surface area contributed by atoms with Crippen LogP contribution >= 0.6 is 0 Å². The van der Waals surface area contributed by atoms with Crippen molar-refractivity contribution in [2.24, 2.45) is 0 Å². The van der Waals surface area contributed by atoms with E-state index < -0.39 is 17.8 Å². The molecule has 3 aromatic carbocycles. The van der Waals surface area contributed by atoms with Gasteiger partial charge in [-0.1, -0.05) is 0 Å². The number of carbonyl (C=O) groups is 1. The van der Waals surface area contributed by atoms with Gasteiger partial charge in [-0.05, 0) is 60.7 Å². The number of hydrogen-bond acceptors (Lipinski definition) is 5. The van der Waals surface area contributed by atoms with Crippen LogP contribution in [0.5, 0.6) is 17.4 Å². The van der Waals surface area contributed by atoms with Crippen molar-refractivity contribution in [3.05, 3.63) is 78.5 Å². The van der Waals surface area contributed by atoms with Crippen molar-refractivity contribution in [3.8, 4) is 17.4 Å². The van der Waals surface area contributed by atoms with Crippen molar-refractivity contribution in [1.82, 2.24) is 9.97 Å². The highest BCUT2D eigenvalue weighted by atomic mass is 19.4. The number of anilines is 2. The molecule has 0 aliphatic carbocycles. The normalized spacial score (nSPS) is 11.2. The second kappa shape index (κ2) is 9.03. The third-order valence-corrected chi connectivity index (χ3v) is 4.52. The third-order valence-electron chi connectivity index (χ3n) is 4.52. The highest BCUT2D eigenvalue weighted by Gasteiger charge is 2.29. The second-order valence-corrected chi connectivity index (χ2v) is 6.84. The van der Waals surface area contributed by atoms with Crippen LogP contribution in [-0.4, -0.2) is 23.1 Å². The summed E-state index contributed by atoms with van der Waals surface area (Å²) in [4.78, 5) is 20.7. The average Bonchev–Trinajstić information content (AvgIpc) is 2.79. The topological polar surface area (TPSA) is 85.4 Å². The molecule has 2 N–H and O–H groups in total. The number of amides is 2. The van der Waals surface area contributed by atoms with Crippen LogP contribution in [0.15, 0.2) is 72.9 Å². The standard InChI is InChI=1S/C23H17F3N4O3/c1-32-21-13-27-19-11-10-18(12-20(19)30-21)33-17-8-6-16(7-9-17)29-22(31)28-15-4-2-14(3-5-15)23(24,25)26/h2-13H,1H3,(H2,28,29,31). The summed E-state index contributed by atoms with van der Waals surface area (Å²) in [5.74, 6) is 1.47. The summed E-state index contributed by atoms with van der Waals surface area (Å²) in [7, 11) is 1.51. The van der Waals surface area contributed by atoms with E-state index in [1.807, 2.05) is 0 Å². The molecule has 168 valence electrons. The van der Waals surface area contributed by atoms with Gasteiger partial charge in [0.15, 0.2) is 0 Å². The molecule has 1 aromatic heterocycles. The van der Waals surface area contributed by atoms with Crippen molar-refractivity contribution >= 4 is 28.4 Å². The molecule has 0 fully saturated rings. The van der Waals surface area contributed by atoms with E-state index in [1.165, 1.54) is 25.4 Å². The van der Waals surface area contributed by atoms with Crippen molar-refractivity contribution in [1.29, 1.82) is 0 Å². The molecule has 7 nitrogen and oxygen atoms in total. The number of fused-ring (bicyclic) bond motifs is 1. The monoisotopic (exact) mass is 454 g/mol. The first kappa shape index (κ1) is 21.9. The fourth-order valence-corrected chi connectivity index (χ4v) is 2.91. The van der Waals surface area contributed by atoms with Gasteiger partial charge >= 0.3 is 12.2 Å². The van der Waals surface area contributed by atoms with E-state index >= 15 is 0 Å². The van der Waals surface area contributed by atoms with Gasteiger partial charge in [-0.3, -0.25) is 0 Å². The number of halogens is 3. The number of nitrogens with zero attached hydrogens (tertiary/aromatic N) is 2. The number of rotatable bonds is 5. The molecule has 0 saturated carbocycles. The first-order chi connectivity index (χ1) is 15.8. The second-order valence-electron chi connectivity index (χ2n) is 6.84. The van der Waals surface area contributed by atoms with Crippen molar-refractivity contribution in [2.75, 3.05) is 17.7 Å². The first-order valence-corrected chi connectivity index (χ1v) is 9.64. The first-order valence-electron chi connectivity index (χ1n) is 9.64. The summed E-state index contributed by atoms with van der Waals surface area (Å²) in [6, 6.07) is 15.4. The predicted molar refractivity (Wildman–Crippen MR) is 117 cm³/mol. The Balaban J connectivity index is 1.37. The number of urea groups is 1. The zero-order valence-corrected chi connectivity index (χ0v) is 17.2. The van der Waals surface area contributed by atoms with Gasteiger partial charge in [-0.2, -0.15) is 13.2 Å². The molecule has 2 amide bonds. The highest BCUT2D eigenvalue weighted by Crippen LogP contribution is 2.30. The summed E-state index contributed by atoms with van der Waals surface area (Å²) >= 11 is 0. The van der Waals surface area contributed by atoms with Crippen LogP contribution in [0.4, 0.5) is 29.3 Å². The largest absolute Gasteiger partial charge is 0.480 e. The number of carbonyl (C=O) groups excluding carboxylic acids is 1. The number of benzene rings is 3. The molecule has 0 atom stereocenters. The highest BCUT2D eigenvalue weighted by molar-refractivity contribution is 5.99. The van der Waals surface area contributed by atoms with E-state index in [1.54, 1.807) is 42.5 Å². The average molecular weight is 454 g/mol. The van der Waals surface area contributed by atoms with E-state index in [9.17, 15) is 18.0 Å². The summed E-state index contributed by atoms with van der Waals surface area (Å²) in [6.07, 6.45) is -2.90. The molecular formula is C23H17F3N4O3. The lowest BCUT2D eigenvalue weighted by atomic mass is 10.2. The lowest BCUT2D eigenvalue weighted by molar-refractivity contribution is -0.137. The molecule has 0 aliphatic rings. The molecule has 0 aliphatic heterocycles. The quantitative estimate of drug-likeness (QED) is 0.381. The molecule has 0 bridgehead atoms. The summed E-state index contributed by atoms with van der Waals surface area (Å²) in [5.41, 5.74) is 1.23. The summed E-state index contributed by atoms with van der Waals surface area (Å²) in [6.45, 7) is 0. The van der Waals surface area contributed by atoms with E-state index in [2.05, 4.69) is 20.6 Å². The van der Waals surface area contributed by atoms with Crippen LogP contribution in [0, 0.1) is 0 Å². The molecule has 1 heterocycles. The van der Waals surface area contributed by atoms with Crippen LogP contribution in [0.1, 0.15) is 5.56 Å². The fourth-order valence-electron chi connectivity index (χ4n) is 2.91. The third kappa shape index (κ3) is 5.48.